The second kappa shape index (κ2) is 13.4. The normalized spacial score (nSPS) is 27.9. The van der Waals surface area contributed by atoms with Gasteiger partial charge in [0.25, 0.3) is 0 Å². The number of hydrogen-bond donors (Lipinski definition) is 5. The van der Waals surface area contributed by atoms with Crippen molar-refractivity contribution in [3.05, 3.63) is 51.6 Å². The lowest BCUT2D eigenvalue weighted by Crippen LogP contribution is -2.52. The van der Waals surface area contributed by atoms with E-state index in [9.17, 15) is 30.0 Å². The zero-order valence-electron chi connectivity index (χ0n) is 26.7. The second-order valence-electron chi connectivity index (χ2n) is 12.7. The van der Waals surface area contributed by atoms with E-state index in [1.54, 1.807) is 19.9 Å². The first-order valence-corrected chi connectivity index (χ1v) is 15.1. The molecule has 6 N–H and O–H groups in total. The minimum absolute atomic E-state index is 0. The number of aliphatic hydroxyl groups excluding tert-OH is 1. The molecule has 1 fully saturated rings. The van der Waals surface area contributed by atoms with Crippen molar-refractivity contribution in [2.45, 2.75) is 96.5 Å². The highest BCUT2D eigenvalue weighted by Gasteiger charge is 2.49. The standard InChI is InChI=1S/C33H41N3O9.ClH/c1-14(2)10-15(3)35-36-17(5)33(42)12-19-25(22(13-33)45-23-11-20(34)28(37)16(4)44-23)32(41)27-26(30(19)39)29(38)18-8-7-9-21(43-6)24(18)31(27)40;/h7-9,14,16,20,22-23,28,37,39,41-42H,10-13,34H2,1-6H3;1H/b35-15+,36-17+;. The Morgan fingerprint density at radius 2 is 1.78 bits per heavy atom. The first-order chi connectivity index (χ1) is 21.2. The van der Waals surface area contributed by atoms with Crippen LogP contribution in [-0.2, 0) is 15.9 Å². The summed E-state index contributed by atoms with van der Waals surface area (Å²) in [5.41, 5.74) is 4.71. The molecule has 0 bridgehead atoms. The van der Waals surface area contributed by atoms with Gasteiger partial charge in [-0.3, -0.25) is 9.59 Å². The zero-order chi connectivity index (χ0) is 33.0. The van der Waals surface area contributed by atoms with Gasteiger partial charge < -0.3 is 40.4 Å². The van der Waals surface area contributed by atoms with Crippen molar-refractivity contribution in [3.63, 3.8) is 0 Å². The molecule has 12 nitrogen and oxygen atoms in total. The van der Waals surface area contributed by atoms with E-state index in [0.717, 1.165) is 5.71 Å². The Morgan fingerprint density at radius 1 is 1.11 bits per heavy atom. The molecule has 0 amide bonds. The second-order valence-corrected chi connectivity index (χ2v) is 12.7. The SMILES string of the molecule is COc1cccc2c1C(=O)c1c(O)c3c(c(O)c1C2=O)CC(O)(/C(C)=N/N=C(\C)CC(C)C)CC3OC1CC(N)C(O)C(C)O1.Cl. The van der Waals surface area contributed by atoms with Gasteiger partial charge in [-0.05, 0) is 39.2 Å². The number of carbonyl (C=O) groups excluding carboxylic acids is 2. The minimum atomic E-state index is -1.73. The predicted molar refractivity (Wildman–Crippen MR) is 173 cm³/mol. The number of methoxy groups -OCH3 is 1. The molecule has 3 aliphatic rings. The fourth-order valence-corrected chi connectivity index (χ4v) is 6.55. The Morgan fingerprint density at radius 3 is 2.41 bits per heavy atom. The molecule has 5 rings (SSSR count). The predicted octanol–water partition coefficient (Wildman–Crippen LogP) is 3.74. The summed E-state index contributed by atoms with van der Waals surface area (Å²) in [6, 6.07) is 3.87. The molecule has 0 radical (unpaired) electrons. The number of fused-ring (bicyclic) bond motifs is 3. The third kappa shape index (κ3) is 6.17. The van der Waals surface area contributed by atoms with Crippen LogP contribution in [0.25, 0.3) is 0 Å². The number of ketones is 2. The van der Waals surface area contributed by atoms with E-state index >= 15 is 0 Å². The molecule has 0 spiro atoms. The number of nitrogens with two attached hydrogens (primary N) is 1. The van der Waals surface area contributed by atoms with Crippen molar-refractivity contribution in [1.82, 2.24) is 0 Å². The van der Waals surface area contributed by atoms with E-state index in [1.165, 1.54) is 19.2 Å². The summed E-state index contributed by atoms with van der Waals surface area (Å²) in [5, 5.41) is 54.4. The molecule has 1 saturated heterocycles. The van der Waals surface area contributed by atoms with E-state index in [-0.39, 0.29) is 76.5 Å². The maximum absolute atomic E-state index is 13.9. The van der Waals surface area contributed by atoms with Crippen LogP contribution in [0, 0.1) is 5.92 Å². The Bertz CT molecular complexity index is 1600. The largest absolute Gasteiger partial charge is 0.507 e. The van der Waals surface area contributed by atoms with Crippen LogP contribution in [0.2, 0.25) is 0 Å². The van der Waals surface area contributed by atoms with Gasteiger partial charge in [0.15, 0.2) is 12.1 Å². The maximum atomic E-state index is 13.9. The number of rotatable bonds is 7. The van der Waals surface area contributed by atoms with Crippen LogP contribution < -0.4 is 10.5 Å². The Balaban J connectivity index is 0.00000480. The lowest BCUT2D eigenvalue weighted by Gasteiger charge is -2.42. The third-order valence-electron chi connectivity index (χ3n) is 8.89. The van der Waals surface area contributed by atoms with Crippen molar-refractivity contribution < 1.29 is 44.2 Å². The van der Waals surface area contributed by atoms with Crippen LogP contribution in [0.3, 0.4) is 0 Å². The summed E-state index contributed by atoms with van der Waals surface area (Å²) in [4.78, 5) is 27.6. The van der Waals surface area contributed by atoms with Crippen LogP contribution in [0.15, 0.2) is 28.4 Å². The summed E-state index contributed by atoms with van der Waals surface area (Å²) in [6.07, 6.45) is -3.32. The van der Waals surface area contributed by atoms with E-state index in [2.05, 4.69) is 24.1 Å². The Hall–Kier alpha value is -3.39. The smallest absolute Gasteiger partial charge is 0.202 e. The summed E-state index contributed by atoms with van der Waals surface area (Å²) in [5.74, 6) is -1.97. The van der Waals surface area contributed by atoms with Crippen LogP contribution in [-0.4, -0.2) is 80.7 Å². The number of ether oxygens (including phenoxy) is 3. The van der Waals surface area contributed by atoms with Gasteiger partial charge in [0, 0.05) is 47.7 Å². The van der Waals surface area contributed by atoms with Crippen LogP contribution >= 0.6 is 12.4 Å². The van der Waals surface area contributed by atoms with Crippen molar-refractivity contribution in [3.8, 4) is 17.2 Å². The Kier molecular flexibility index (Phi) is 10.3. The van der Waals surface area contributed by atoms with Gasteiger partial charge in [-0.2, -0.15) is 10.2 Å². The number of benzene rings is 2. The van der Waals surface area contributed by atoms with Crippen molar-refractivity contribution in [1.29, 1.82) is 0 Å². The molecular formula is C33H42ClN3O9. The molecule has 2 aromatic carbocycles. The van der Waals surface area contributed by atoms with Gasteiger partial charge >= 0.3 is 0 Å². The quantitative estimate of drug-likeness (QED) is 0.142. The first-order valence-electron chi connectivity index (χ1n) is 15.1. The van der Waals surface area contributed by atoms with Crippen molar-refractivity contribution in [2.24, 2.45) is 21.9 Å². The zero-order valence-corrected chi connectivity index (χ0v) is 27.6. The summed E-state index contributed by atoms with van der Waals surface area (Å²) in [6.45, 7) is 9.20. The monoisotopic (exact) mass is 659 g/mol. The highest BCUT2D eigenvalue weighted by atomic mass is 35.5. The van der Waals surface area contributed by atoms with E-state index in [1.807, 2.05) is 6.92 Å². The molecule has 46 heavy (non-hydrogen) atoms. The molecular weight excluding hydrogens is 618 g/mol. The minimum Gasteiger partial charge on any atom is -0.507 e. The number of aliphatic hydroxyl groups is 2. The average molecular weight is 660 g/mol. The molecule has 2 aromatic rings. The molecule has 0 saturated carbocycles. The first kappa shape index (κ1) is 35.5. The van der Waals surface area contributed by atoms with Crippen molar-refractivity contribution in [2.75, 3.05) is 7.11 Å². The molecule has 13 heteroatoms. The fourth-order valence-electron chi connectivity index (χ4n) is 6.55. The number of halogens is 1. The molecule has 1 heterocycles. The molecule has 6 atom stereocenters. The van der Waals surface area contributed by atoms with Gasteiger partial charge in [0.2, 0.25) is 5.78 Å². The lowest BCUT2D eigenvalue weighted by atomic mass is 9.72. The number of phenols is 2. The number of phenolic OH excluding ortho intramolecular Hbond substituents is 2. The van der Waals surface area contributed by atoms with Crippen molar-refractivity contribution >= 4 is 35.4 Å². The van der Waals surface area contributed by atoms with Crippen LogP contribution in [0.1, 0.15) is 103 Å². The van der Waals surface area contributed by atoms with Gasteiger partial charge in [-0.25, -0.2) is 0 Å². The van der Waals surface area contributed by atoms with E-state index in [0.29, 0.717) is 12.3 Å². The highest BCUT2D eigenvalue weighted by Crippen LogP contribution is 2.52. The number of carbonyl (C=O) groups is 2. The van der Waals surface area contributed by atoms with Gasteiger partial charge in [-0.1, -0.05) is 26.0 Å². The van der Waals surface area contributed by atoms with E-state index in [4.69, 9.17) is 19.9 Å². The molecule has 2 aliphatic carbocycles. The number of hydrogen-bond acceptors (Lipinski definition) is 12. The molecule has 6 unspecified atom stereocenters. The van der Waals surface area contributed by atoms with Crippen LogP contribution in [0.4, 0.5) is 0 Å². The lowest BCUT2D eigenvalue weighted by molar-refractivity contribution is -0.245. The van der Waals surface area contributed by atoms with E-state index < -0.39 is 59.3 Å². The molecule has 0 aromatic heterocycles. The maximum Gasteiger partial charge on any atom is 0.202 e. The van der Waals surface area contributed by atoms with Gasteiger partial charge in [0.05, 0.1) is 47.8 Å². The third-order valence-corrected chi connectivity index (χ3v) is 8.89. The van der Waals surface area contributed by atoms with Gasteiger partial charge in [0.1, 0.15) is 22.8 Å². The summed E-state index contributed by atoms with van der Waals surface area (Å²) in [7, 11) is 1.36. The fraction of sp³-hybridized carbons (Fsp3) is 0.515. The Labute approximate surface area is 273 Å². The summed E-state index contributed by atoms with van der Waals surface area (Å²) >= 11 is 0. The van der Waals surface area contributed by atoms with Gasteiger partial charge in [-0.15, -0.1) is 12.4 Å². The average Bonchev–Trinajstić information content (AvgIpc) is 2.98. The molecule has 250 valence electrons. The topological polar surface area (TPSA) is 193 Å². The highest BCUT2D eigenvalue weighted by molar-refractivity contribution is 6.31. The number of nitrogens with zero attached hydrogens (tertiary/aromatic N) is 2. The number of aromatic hydroxyl groups is 2. The van der Waals surface area contributed by atoms with Crippen LogP contribution in [0.5, 0.6) is 17.2 Å². The molecule has 1 aliphatic heterocycles. The summed E-state index contributed by atoms with van der Waals surface area (Å²) < 4.78 is 17.5.